The molecule has 0 aliphatic heterocycles. The minimum Gasteiger partial charge on any atom is -0.497 e. The molecule has 0 amide bonds. The molecule has 6 nitrogen and oxygen atoms in total. The van der Waals surface area contributed by atoms with Gasteiger partial charge in [-0.05, 0) is 36.0 Å². The van der Waals surface area contributed by atoms with Gasteiger partial charge in [-0.2, -0.15) is 0 Å². The van der Waals surface area contributed by atoms with Gasteiger partial charge in [-0.3, -0.25) is 19.1 Å². The zero-order valence-corrected chi connectivity index (χ0v) is 13.8. The number of benzene rings is 1. The molecule has 124 valence electrons. The van der Waals surface area contributed by atoms with Crippen molar-refractivity contribution < 1.29 is 14.6 Å². The van der Waals surface area contributed by atoms with Crippen molar-refractivity contribution in [3.63, 3.8) is 0 Å². The Bertz CT molecular complexity index is 908. The molecule has 0 spiro atoms. The van der Waals surface area contributed by atoms with Crippen LogP contribution in [-0.4, -0.2) is 28.1 Å². The third kappa shape index (κ3) is 3.52. The summed E-state index contributed by atoms with van der Waals surface area (Å²) in [5, 5.41) is 10.3. The van der Waals surface area contributed by atoms with Crippen LogP contribution in [0, 0.1) is 4.77 Å². The number of rotatable bonds is 6. The van der Waals surface area contributed by atoms with E-state index in [9.17, 15) is 14.7 Å². The molecule has 0 fully saturated rings. The van der Waals surface area contributed by atoms with Crippen LogP contribution < -0.4 is 10.3 Å². The zero-order valence-electron chi connectivity index (χ0n) is 13.0. The van der Waals surface area contributed by atoms with Crippen molar-refractivity contribution in [1.29, 1.82) is 0 Å². The van der Waals surface area contributed by atoms with E-state index in [2.05, 4.69) is 11.6 Å². The summed E-state index contributed by atoms with van der Waals surface area (Å²) in [5.74, 6) is 0.320. The minimum atomic E-state index is -0.578. The summed E-state index contributed by atoms with van der Waals surface area (Å²) in [5.41, 5.74) is 0.192. The average Bonchev–Trinajstić information content (AvgIpc) is 2.59. The van der Waals surface area contributed by atoms with Gasteiger partial charge in [0.05, 0.1) is 7.11 Å². The van der Waals surface area contributed by atoms with Gasteiger partial charge in [-0.15, -0.1) is 6.58 Å². The number of aldehydes is 1. The molecular weight excluding hydrogens is 328 g/mol. The molecule has 2 rings (SSSR count). The molecule has 1 aromatic carbocycles. The lowest BCUT2D eigenvalue weighted by molar-refractivity contribution is -0.103. The summed E-state index contributed by atoms with van der Waals surface area (Å²) in [6.07, 6.45) is 3.46. The van der Waals surface area contributed by atoms with E-state index >= 15 is 0 Å². The number of carbonyl (C=O) groups excluding carboxylic acids is 1. The highest BCUT2D eigenvalue weighted by atomic mass is 32.1. The SMILES string of the molecule is C=CCn1c(O)c(C=C(C=O)c2ccc(OC)cc2)c(=O)[nH]c1=S. The van der Waals surface area contributed by atoms with Crippen molar-refractivity contribution in [2.24, 2.45) is 0 Å². The van der Waals surface area contributed by atoms with Crippen molar-refractivity contribution in [2.45, 2.75) is 6.54 Å². The van der Waals surface area contributed by atoms with E-state index < -0.39 is 5.56 Å². The second kappa shape index (κ2) is 7.56. The molecule has 0 aliphatic carbocycles. The smallest absolute Gasteiger partial charge is 0.262 e. The molecule has 0 unspecified atom stereocenters. The van der Waals surface area contributed by atoms with E-state index in [-0.39, 0.29) is 28.3 Å². The van der Waals surface area contributed by atoms with Crippen LogP contribution in [0.2, 0.25) is 0 Å². The second-order valence-electron chi connectivity index (χ2n) is 4.84. The topological polar surface area (TPSA) is 84.3 Å². The van der Waals surface area contributed by atoms with Gasteiger partial charge in [0.15, 0.2) is 11.1 Å². The quantitative estimate of drug-likeness (QED) is 0.364. The van der Waals surface area contributed by atoms with Crippen LogP contribution in [0.4, 0.5) is 0 Å². The Morgan fingerprint density at radius 1 is 1.42 bits per heavy atom. The molecule has 2 aromatic rings. The molecule has 2 N–H and O–H groups in total. The highest BCUT2D eigenvalue weighted by Gasteiger charge is 2.12. The van der Waals surface area contributed by atoms with Crippen molar-refractivity contribution >= 4 is 30.2 Å². The first-order valence-electron chi connectivity index (χ1n) is 7.00. The summed E-state index contributed by atoms with van der Waals surface area (Å²) in [7, 11) is 1.54. The Balaban J connectivity index is 2.60. The van der Waals surface area contributed by atoms with Crippen LogP contribution in [-0.2, 0) is 11.3 Å². The number of nitrogens with zero attached hydrogens (tertiary/aromatic N) is 1. The Morgan fingerprint density at radius 3 is 2.62 bits per heavy atom. The Kier molecular flexibility index (Phi) is 5.49. The predicted octanol–water partition coefficient (Wildman–Crippen LogP) is 2.55. The van der Waals surface area contributed by atoms with Gasteiger partial charge in [-0.1, -0.05) is 18.2 Å². The van der Waals surface area contributed by atoms with Crippen molar-refractivity contribution in [2.75, 3.05) is 7.11 Å². The first kappa shape index (κ1) is 17.4. The van der Waals surface area contributed by atoms with Crippen molar-refractivity contribution in [3.05, 3.63) is 63.2 Å². The maximum Gasteiger partial charge on any atom is 0.262 e. The van der Waals surface area contributed by atoms with Gasteiger partial charge >= 0.3 is 0 Å². The lowest BCUT2D eigenvalue weighted by atomic mass is 10.0. The normalized spacial score (nSPS) is 11.1. The molecule has 0 aliphatic rings. The molecule has 1 heterocycles. The van der Waals surface area contributed by atoms with Crippen LogP contribution in [0.3, 0.4) is 0 Å². The number of methoxy groups -OCH3 is 1. The fourth-order valence-electron chi connectivity index (χ4n) is 2.13. The van der Waals surface area contributed by atoms with Crippen LogP contribution >= 0.6 is 12.2 Å². The number of ether oxygens (including phenoxy) is 1. The molecule has 24 heavy (non-hydrogen) atoms. The molecule has 0 radical (unpaired) electrons. The van der Waals surface area contributed by atoms with E-state index in [4.69, 9.17) is 17.0 Å². The van der Waals surface area contributed by atoms with Gasteiger partial charge in [-0.25, -0.2) is 0 Å². The largest absolute Gasteiger partial charge is 0.497 e. The lowest BCUT2D eigenvalue weighted by Crippen LogP contribution is -2.16. The average molecular weight is 344 g/mol. The van der Waals surface area contributed by atoms with E-state index in [0.29, 0.717) is 17.6 Å². The number of allylic oxidation sites excluding steroid dienone is 2. The molecular formula is C17H16N2O4S. The van der Waals surface area contributed by atoms with Crippen molar-refractivity contribution in [3.8, 4) is 11.6 Å². The third-order valence-electron chi connectivity index (χ3n) is 3.37. The standard InChI is InChI=1S/C17H16N2O4S/c1-3-8-19-16(22)14(15(21)18-17(19)24)9-12(10-20)11-4-6-13(23-2)7-5-11/h3-7,9-10,22H,1,8H2,2H3,(H,18,21,24). The fourth-order valence-corrected chi connectivity index (χ4v) is 2.38. The van der Waals surface area contributed by atoms with E-state index in [1.807, 2.05) is 0 Å². The zero-order chi connectivity index (χ0) is 17.7. The number of H-pyrrole nitrogens is 1. The monoisotopic (exact) mass is 344 g/mol. The summed E-state index contributed by atoms with van der Waals surface area (Å²) in [6.45, 7) is 3.80. The first-order valence-corrected chi connectivity index (χ1v) is 7.41. The number of aromatic nitrogens is 2. The third-order valence-corrected chi connectivity index (χ3v) is 3.69. The Morgan fingerprint density at radius 2 is 2.08 bits per heavy atom. The Labute approximate surface area is 143 Å². The van der Waals surface area contributed by atoms with Gasteiger partial charge in [0.25, 0.3) is 5.56 Å². The first-order chi connectivity index (χ1) is 11.5. The van der Waals surface area contributed by atoms with Gasteiger partial charge < -0.3 is 9.84 Å². The second-order valence-corrected chi connectivity index (χ2v) is 5.23. The number of hydrogen-bond donors (Lipinski definition) is 2. The maximum absolute atomic E-state index is 12.1. The summed E-state index contributed by atoms with van der Waals surface area (Å²) in [4.78, 5) is 26.0. The van der Waals surface area contributed by atoms with E-state index in [1.165, 1.54) is 23.8 Å². The summed E-state index contributed by atoms with van der Waals surface area (Å²) < 4.78 is 6.45. The van der Waals surface area contributed by atoms with Crippen LogP contribution in [0.1, 0.15) is 11.1 Å². The molecule has 0 bridgehead atoms. The fraction of sp³-hybridized carbons (Fsp3) is 0.118. The number of aromatic hydroxyl groups is 1. The summed E-state index contributed by atoms with van der Waals surface area (Å²) in [6, 6.07) is 6.76. The van der Waals surface area contributed by atoms with E-state index in [1.54, 1.807) is 24.3 Å². The Hall–Kier alpha value is -2.93. The van der Waals surface area contributed by atoms with E-state index in [0.717, 1.165) is 0 Å². The molecule has 7 heteroatoms. The van der Waals surface area contributed by atoms with Gasteiger partial charge in [0.1, 0.15) is 11.3 Å². The minimum absolute atomic E-state index is 0.0524. The number of hydrogen-bond acceptors (Lipinski definition) is 5. The molecule has 1 aromatic heterocycles. The lowest BCUT2D eigenvalue weighted by Gasteiger charge is -2.09. The summed E-state index contributed by atoms with van der Waals surface area (Å²) >= 11 is 5.01. The van der Waals surface area contributed by atoms with Gasteiger partial charge in [0, 0.05) is 12.1 Å². The van der Waals surface area contributed by atoms with Gasteiger partial charge in [0.2, 0.25) is 5.88 Å². The number of aromatic amines is 1. The maximum atomic E-state index is 12.1. The van der Waals surface area contributed by atoms with Crippen LogP contribution in [0.25, 0.3) is 11.6 Å². The molecule has 0 saturated carbocycles. The predicted molar refractivity (Wildman–Crippen MR) is 94.7 cm³/mol. The molecule has 0 saturated heterocycles. The number of carbonyl (C=O) groups is 1. The molecule has 0 atom stereocenters. The number of nitrogens with one attached hydrogen (secondary N) is 1. The highest BCUT2D eigenvalue weighted by Crippen LogP contribution is 2.22. The van der Waals surface area contributed by atoms with Crippen LogP contribution in [0.15, 0.2) is 41.7 Å². The highest BCUT2D eigenvalue weighted by molar-refractivity contribution is 7.71. The van der Waals surface area contributed by atoms with Crippen molar-refractivity contribution in [1.82, 2.24) is 9.55 Å². The van der Waals surface area contributed by atoms with Crippen LogP contribution in [0.5, 0.6) is 11.6 Å².